The predicted molar refractivity (Wildman–Crippen MR) is 141 cm³/mol. The first kappa shape index (κ1) is 29.7. The van der Waals surface area contributed by atoms with Gasteiger partial charge in [-0.15, -0.1) is 12.8 Å². The maximum Gasteiger partial charge on any atom is 0.333 e. The fourth-order valence-electron chi connectivity index (χ4n) is 3.32. The third-order valence-electron chi connectivity index (χ3n) is 4.69. The van der Waals surface area contributed by atoms with Gasteiger partial charge >= 0.3 is 11.7 Å². The van der Waals surface area contributed by atoms with Crippen molar-refractivity contribution in [2.24, 2.45) is 7.05 Å². The molecule has 0 aliphatic rings. The molecule has 3 aromatic rings. The molecule has 0 atom stereocenters. The number of ether oxygens (including phenoxy) is 2. The molecule has 0 aliphatic heterocycles. The van der Waals surface area contributed by atoms with Gasteiger partial charge in [-0.1, -0.05) is 32.0 Å². The smallest absolute Gasteiger partial charge is 0.333 e. The third kappa shape index (κ3) is 7.09. The fraction of sp³-hybridized carbons (Fsp3) is 0.440. The fourth-order valence-corrected chi connectivity index (χ4v) is 3.67. The van der Waals surface area contributed by atoms with Crippen LogP contribution in [-0.2, 0) is 36.1 Å². The van der Waals surface area contributed by atoms with Crippen LogP contribution in [0.3, 0.4) is 0 Å². The molecule has 2 aromatic heterocycles. The number of carbonyl (C=O) groups is 1. The standard InChI is InChI=1S/C21H25BrN4O5.C2H6.C2H2/c1-21(2,3)31-15(27)12-26-18(28)16-17(23-19(22)24(16)4)25(20(26)29)11-10-13-8-6-7-9-14(13)30-5;2*1-2/h6-9H,10-12H2,1-5H3;1-2H3;1-2H. The van der Waals surface area contributed by atoms with Gasteiger partial charge in [-0.2, -0.15) is 0 Å². The molecule has 190 valence electrons. The lowest BCUT2D eigenvalue weighted by atomic mass is 10.1. The highest BCUT2D eigenvalue weighted by atomic mass is 79.9. The highest BCUT2D eigenvalue weighted by Crippen LogP contribution is 2.19. The Hall–Kier alpha value is -3.32. The largest absolute Gasteiger partial charge is 0.496 e. The van der Waals surface area contributed by atoms with E-state index in [0.29, 0.717) is 16.9 Å². The zero-order chi connectivity index (χ0) is 26.9. The zero-order valence-corrected chi connectivity index (χ0v) is 22.9. The summed E-state index contributed by atoms with van der Waals surface area (Å²) in [5, 5.41) is 0. The summed E-state index contributed by atoms with van der Waals surface area (Å²) in [7, 11) is 3.24. The van der Waals surface area contributed by atoms with Crippen molar-refractivity contribution in [2.75, 3.05) is 7.11 Å². The van der Waals surface area contributed by atoms with Crippen LogP contribution in [-0.4, -0.2) is 37.4 Å². The van der Waals surface area contributed by atoms with Crippen molar-refractivity contribution in [3.8, 4) is 18.6 Å². The lowest BCUT2D eigenvalue weighted by molar-refractivity contribution is -0.155. The summed E-state index contributed by atoms with van der Waals surface area (Å²) in [6.45, 7) is 8.93. The Kier molecular flexibility index (Phi) is 11.0. The number of terminal acetylenes is 1. The average molecular weight is 549 g/mol. The summed E-state index contributed by atoms with van der Waals surface area (Å²) < 4.78 is 14.9. The van der Waals surface area contributed by atoms with Crippen LogP contribution in [0.4, 0.5) is 0 Å². The van der Waals surface area contributed by atoms with Crippen LogP contribution >= 0.6 is 15.9 Å². The van der Waals surface area contributed by atoms with Crippen LogP contribution in [0.1, 0.15) is 40.2 Å². The maximum absolute atomic E-state index is 13.2. The number of rotatable bonds is 6. The van der Waals surface area contributed by atoms with Gasteiger partial charge in [0.15, 0.2) is 15.9 Å². The molecule has 2 heterocycles. The zero-order valence-electron chi connectivity index (χ0n) is 21.3. The summed E-state index contributed by atoms with van der Waals surface area (Å²) in [4.78, 5) is 43.0. The number of nitrogens with zero attached hydrogens (tertiary/aromatic N) is 4. The Balaban J connectivity index is 0.00000145. The Bertz CT molecular complexity index is 1300. The van der Waals surface area contributed by atoms with Crippen molar-refractivity contribution in [3.05, 3.63) is 55.4 Å². The van der Waals surface area contributed by atoms with Crippen molar-refractivity contribution in [1.29, 1.82) is 0 Å². The lowest BCUT2D eigenvalue weighted by Crippen LogP contribution is -2.43. The van der Waals surface area contributed by atoms with Crippen LogP contribution < -0.4 is 16.0 Å². The molecule has 10 heteroatoms. The van der Waals surface area contributed by atoms with Crippen LogP contribution in [0.5, 0.6) is 5.75 Å². The normalized spacial score (nSPS) is 10.6. The van der Waals surface area contributed by atoms with Gasteiger partial charge < -0.3 is 14.0 Å². The maximum atomic E-state index is 13.2. The average Bonchev–Trinajstić information content (AvgIpc) is 3.12. The lowest BCUT2D eigenvalue weighted by Gasteiger charge is -2.20. The molecular formula is C25H33BrN4O5. The van der Waals surface area contributed by atoms with Crippen molar-refractivity contribution in [2.45, 2.75) is 59.7 Å². The monoisotopic (exact) mass is 548 g/mol. The Morgan fingerprint density at radius 3 is 2.29 bits per heavy atom. The van der Waals surface area contributed by atoms with E-state index in [-0.39, 0.29) is 17.7 Å². The second-order valence-corrected chi connectivity index (χ2v) is 8.80. The van der Waals surface area contributed by atoms with Crippen molar-refractivity contribution in [3.63, 3.8) is 0 Å². The summed E-state index contributed by atoms with van der Waals surface area (Å²) >= 11 is 3.31. The van der Waals surface area contributed by atoms with Gasteiger partial charge in [-0.05, 0) is 54.8 Å². The Morgan fingerprint density at radius 1 is 1.11 bits per heavy atom. The molecule has 0 N–H and O–H groups in total. The molecule has 35 heavy (non-hydrogen) atoms. The van der Waals surface area contributed by atoms with Gasteiger partial charge in [0.25, 0.3) is 5.56 Å². The highest BCUT2D eigenvalue weighted by Gasteiger charge is 2.23. The number of hydrogen-bond donors (Lipinski definition) is 0. The molecule has 3 rings (SSSR count). The third-order valence-corrected chi connectivity index (χ3v) is 5.40. The molecule has 0 radical (unpaired) electrons. The molecule has 0 unspecified atom stereocenters. The topological polar surface area (TPSA) is 97.3 Å². The predicted octanol–water partition coefficient (Wildman–Crippen LogP) is 3.53. The number of esters is 1. The minimum atomic E-state index is -0.733. The molecule has 0 fully saturated rings. The van der Waals surface area contributed by atoms with Gasteiger partial charge in [0.05, 0.1) is 7.11 Å². The Morgan fingerprint density at radius 2 is 1.71 bits per heavy atom. The second kappa shape index (κ2) is 13.0. The van der Waals surface area contributed by atoms with Gasteiger partial charge in [-0.3, -0.25) is 14.2 Å². The molecular weight excluding hydrogens is 516 g/mol. The number of aromatic nitrogens is 4. The minimum absolute atomic E-state index is 0.218. The first-order chi connectivity index (χ1) is 16.5. The molecule has 0 bridgehead atoms. The molecule has 0 saturated carbocycles. The number of fused-ring (bicyclic) bond motifs is 1. The summed E-state index contributed by atoms with van der Waals surface area (Å²) in [5.74, 6) is 0.0413. The van der Waals surface area contributed by atoms with E-state index < -0.39 is 29.4 Å². The van der Waals surface area contributed by atoms with E-state index in [2.05, 4.69) is 33.8 Å². The molecule has 0 saturated heterocycles. The van der Waals surface area contributed by atoms with Gasteiger partial charge in [0.2, 0.25) is 0 Å². The quantitative estimate of drug-likeness (QED) is 0.265. The van der Waals surface area contributed by atoms with Crippen molar-refractivity contribution < 1.29 is 14.3 Å². The molecule has 0 amide bonds. The van der Waals surface area contributed by atoms with Crippen LogP contribution in [0.15, 0.2) is 38.6 Å². The molecule has 1 aromatic carbocycles. The van der Waals surface area contributed by atoms with Crippen molar-refractivity contribution >= 4 is 33.1 Å². The van der Waals surface area contributed by atoms with E-state index in [4.69, 9.17) is 9.47 Å². The molecule has 0 aliphatic carbocycles. The summed E-state index contributed by atoms with van der Waals surface area (Å²) in [6, 6.07) is 7.50. The number of benzene rings is 1. The minimum Gasteiger partial charge on any atom is -0.496 e. The number of para-hydroxylation sites is 1. The van der Waals surface area contributed by atoms with Gasteiger partial charge in [-0.25, -0.2) is 14.3 Å². The first-order valence-corrected chi connectivity index (χ1v) is 11.9. The summed E-state index contributed by atoms with van der Waals surface area (Å²) in [6.07, 6.45) is 8.47. The van der Waals surface area contributed by atoms with E-state index >= 15 is 0 Å². The Labute approximate surface area is 213 Å². The van der Waals surface area contributed by atoms with E-state index in [1.807, 2.05) is 38.1 Å². The number of carbonyl (C=O) groups excluding carboxylic acids is 1. The second-order valence-electron chi connectivity index (χ2n) is 8.09. The summed E-state index contributed by atoms with van der Waals surface area (Å²) in [5.41, 5.74) is -0.577. The van der Waals surface area contributed by atoms with Crippen LogP contribution in [0.25, 0.3) is 11.2 Å². The van der Waals surface area contributed by atoms with Crippen LogP contribution in [0.2, 0.25) is 0 Å². The SMILES string of the molecule is C#C.CC.COc1ccccc1CCn1c(=O)n(CC(=O)OC(C)(C)C)c(=O)c2c1nc(Br)n2C. The number of hydrogen-bond acceptors (Lipinski definition) is 6. The highest BCUT2D eigenvalue weighted by molar-refractivity contribution is 9.10. The van der Waals surface area contributed by atoms with Gasteiger partial charge in [0.1, 0.15) is 17.9 Å². The molecule has 9 nitrogen and oxygen atoms in total. The first-order valence-electron chi connectivity index (χ1n) is 11.1. The van der Waals surface area contributed by atoms with E-state index in [9.17, 15) is 14.4 Å². The van der Waals surface area contributed by atoms with Crippen LogP contribution in [0, 0.1) is 12.8 Å². The van der Waals surface area contributed by atoms with E-state index in [1.165, 1.54) is 4.57 Å². The number of aryl methyl sites for hydroxylation is 3. The van der Waals surface area contributed by atoms with Gasteiger partial charge in [0, 0.05) is 13.6 Å². The number of imidazole rings is 1. The number of methoxy groups -OCH3 is 1. The van der Waals surface area contributed by atoms with E-state index in [0.717, 1.165) is 10.1 Å². The number of halogens is 1. The van der Waals surface area contributed by atoms with Crippen molar-refractivity contribution in [1.82, 2.24) is 18.7 Å². The van der Waals surface area contributed by atoms with E-state index in [1.54, 1.807) is 39.5 Å². The molecule has 0 spiro atoms.